The molecule has 3 heterocycles. The van der Waals surface area contributed by atoms with Gasteiger partial charge in [-0.25, -0.2) is 17.9 Å². The Morgan fingerprint density at radius 1 is 1.14 bits per heavy atom. The number of oxazole rings is 1. The summed E-state index contributed by atoms with van der Waals surface area (Å²) in [5, 5.41) is 12.5. The topological polar surface area (TPSA) is 107 Å². The average Bonchev–Trinajstić information content (AvgIpc) is 3.67. The molecule has 2 unspecified atom stereocenters. The number of carboxylic acid groups (broad SMARTS) is 1. The summed E-state index contributed by atoms with van der Waals surface area (Å²) < 4.78 is 34.7. The fourth-order valence-corrected chi connectivity index (χ4v) is 7.59. The zero-order valence-electron chi connectivity index (χ0n) is 25.6. The normalized spacial score (nSPS) is 19.9. The van der Waals surface area contributed by atoms with Gasteiger partial charge in [0.1, 0.15) is 12.6 Å². The van der Waals surface area contributed by atoms with Crippen molar-refractivity contribution in [2.45, 2.75) is 58.7 Å². The summed E-state index contributed by atoms with van der Waals surface area (Å²) >= 11 is 0. The monoisotopic (exact) mass is 615 g/mol. The number of carboxylic acids is 1. The van der Waals surface area contributed by atoms with Crippen LogP contribution in [0.2, 0.25) is 0 Å². The van der Waals surface area contributed by atoms with Crippen LogP contribution in [-0.2, 0) is 27.8 Å². The Bertz CT molecular complexity index is 1930. The molecule has 6 rings (SSSR count). The second kappa shape index (κ2) is 11.7. The molecule has 44 heavy (non-hydrogen) atoms. The zero-order valence-corrected chi connectivity index (χ0v) is 26.4. The maximum absolute atomic E-state index is 12.2. The second-order valence-corrected chi connectivity index (χ2v) is 13.3. The number of nitrogens with zero attached hydrogens (tertiary/aromatic N) is 3. The van der Waals surface area contributed by atoms with Crippen molar-refractivity contribution in [1.82, 2.24) is 4.72 Å². The van der Waals surface area contributed by atoms with Gasteiger partial charge in [-0.1, -0.05) is 43.3 Å². The molecule has 0 amide bonds. The molecule has 2 aliphatic rings. The number of aryl methyl sites for hydroxylation is 1. The molecule has 0 saturated carbocycles. The Hall–Kier alpha value is -4.15. The van der Waals surface area contributed by atoms with Crippen LogP contribution >= 0.6 is 0 Å². The number of fused-ring (bicyclic) bond motifs is 4. The average molecular weight is 616 g/mol. The molecule has 2 atom stereocenters. The quantitative estimate of drug-likeness (QED) is 0.248. The van der Waals surface area contributed by atoms with Crippen molar-refractivity contribution in [2.24, 2.45) is 0 Å². The third-order valence-corrected chi connectivity index (χ3v) is 9.47. The maximum Gasteiger partial charge on any atom is 0.374 e. The molecule has 0 aliphatic carbocycles. The van der Waals surface area contributed by atoms with E-state index in [4.69, 9.17) is 4.42 Å². The molecule has 230 valence electrons. The largest absolute Gasteiger partial charge is 0.480 e. The summed E-state index contributed by atoms with van der Waals surface area (Å²) in [6.45, 7) is 8.36. The highest BCUT2D eigenvalue weighted by Gasteiger charge is 2.41. The summed E-state index contributed by atoms with van der Waals surface area (Å²) in [6.07, 6.45) is 7.54. The highest BCUT2D eigenvalue weighted by atomic mass is 32.2. The fourth-order valence-electron chi connectivity index (χ4n) is 6.79. The zero-order chi connectivity index (χ0) is 31.2. The first-order valence-electron chi connectivity index (χ1n) is 15.2. The van der Waals surface area contributed by atoms with E-state index in [0.29, 0.717) is 30.8 Å². The lowest BCUT2D eigenvalue weighted by atomic mass is 10.0. The van der Waals surface area contributed by atoms with Crippen molar-refractivity contribution in [3.63, 3.8) is 0 Å². The minimum Gasteiger partial charge on any atom is -0.480 e. The number of likely N-dealkylation sites (N-methyl/N-ethyl adjacent to an activating group) is 1. The number of hydrogen-bond acceptors (Lipinski definition) is 6. The van der Waals surface area contributed by atoms with Gasteiger partial charge < -0.3 is 19.3 Å². The van der Waals surface area contributed by atoms with Crippen molar-refractivity contribution in [3.05, 3.63) is 83.4 Å². The molecule has 3 aromatic carbocycles. The summed E-state index contributed by atoms with van der Waals surface area (Å²) in [6, 6.07) is 16.9. The smallest absolute Gasteiger partial charge is 0.374 e. The highest BCUT2D eigenvalue weighted by Crippen LogP contribution is 2.40. The van der Waals surface area contributed by atoms with Gasteiger partial charge in [0.15, 0.2) is 0 Å². The second-order valence-electron chi connectivity index (χ2n) is 11.5. The van der Waals surface area contributed by atoms with Gasteiger partial charge in [0.2, 0.25) is 15.6 Å². The summed E-state index contributed by atoms with van der Waals surface area (Å²) in [4.78, 5) is 16.4. The van der Waals surface area contributed by atoms with Gasteiger partial charge >= 0.3 is 11.9 Å². The van der Waals surface area contributed by atoms with Crippen LogP contribution in [-0.4, -0.2) is 50.9 Å². The third kappa shape index (κ3) is 5.48. The van der Waals surface area contributed by atoms with Crippen LogP contribution in [0.5, 0.6) is 0 Å². The SMILES string of the molecule is CCC(=C\c1oc2ccc(N3CCC(NS(C)(=O)=O)C3C(=O)O)cc2[n+]1CC)/C=C1\Cc2ccc3ccccc3c2N1CC. The Morgan fingerprint density at radius 3 is 2.64 bits per heavy atom. The number of allylic oxidation sites excluding steroid dienone is 3. The van der Waals surface area contributed by atoms with Gasteiger partial charge in [-0.2, -0.15) is 4.57 Å². The number of hydrogen-bond donors (Lipinski definition) is 2. The molecule has 0 radical (unpaired) electrons. The molecule has 4 aromatic rings. The van der Waals surface area contributed by atoms with Crippen molar-refractivity contribution in [3.8, 4) is 0 Å². The molecule has 2 aliphatic heterocycles. The van der Waals surface area contributed by atoms with Gasteiger partial charge in [0.25, 0.3) is 5.52 Å². The van der Waals surface area contributed by atoms with E-state index in [-0.39, 0.29) is 0 Å². The van der Waals surface area contributed by atoms with Crippen LogP contribution in [0.1, 0.15) is 45.1 Å². The predicted octanol–water partition coefficient (Wildman–Crippen LogP) is 5.23. The van der Waals surface area contributed by atoms with Crippen molar-refractivity contribution >= 4 is 55.3 Å². The van der Waals surface area contributed by atoms with Crippen LogP contribution in [0.4, 0.5) is 11.4 Å². The molecule has 1 fully saturated rings. The van der Waals surface area contributed by atoms with Gasteiger partial charge in [0, 0.05) is 42.3 Å². The van der Waals surface area contributed by atoms with E-state index in [1.807, 2.05) is 18.2 Å². The predicted molar refractivity (Wildman–Crippen MR) is 174 cm³/mol. The number of rotatable bonds is 9. The summed E-state index contributed by atoms with van der Waals surface area (Å²) in [5.74, 6) is -0.336. The van der Waals surface area contributed by atoms with E-state index < -0.39 is 28.1 Å². The molecule has 9 nitrogen and oxygen atoms in total. The highest BCUT2D eigenvalue weighted by molar-refractivity contribution is 7.88. The number of aromatic nitrogens is 1. The van der Waals surface area contributed by atoms with E-state index in [2.05, 4.69) is 83.5 Å². The number of carbonyl (C=O) groups is 1. The molecule has 1 aromatic heterocycles. The van der Waals surface area contributed by atoms with Crippen LogP contribution in [0.25, 0.3) is 27.9 Å². The van der Waals surface area contributed by atoms with E-state index in [1.165, 1.54) is 27.7 Å². The first kappa shape index (κ1) is 29.9. The lowest BCUT2D eigenvalue weighted by molar-refractivity contribution is -0.674. The number of sulfonamides is 1. The summed E-state index contributed by atoms with van der Waals surface area (Å²) in [5.41, 5.74) is 7.32. The number of anilines is 2. The van der Waals surface area contributed by atoms with Gasteiger partial charge in [0.05, 0.1) is 24.1 Å². The van der Waals surface area contributed by atoms with Crippen LogP contribution in [0, 0.1) is 0 Å². The minimum absolute atomic E-state index is 0.401. The summed E-state index contributed by atoms with van der Waals surface area (Å²) in [7, 11) is -3.55. The van der Waals surface area contributed by atoms with E-state index in [9.17, 15) is 18.3 Å². The molecular weight excluding hydrogens is 576 g/mol. The number of aliphatic carboxylic acids is 1. The fraction of sp³-hybridized carbons (Fsp3) is 0.353. The van der Waals surface area contributed by atoms with E-state index in [0.717, 1.165) is 42.6 Å². The lowest BCUT2D eigenvalue weighted by Gasteiger charge is -2.26. The van der Waals surface area contributed by atoms with Gasteiger partial charge in [-0.15, -0.1) is 0 Å². The Kier molecular flexibility index (Phi) is 7.98. The maximum atomic E-state index is 12.2. The van der Waals surface area contributed by atoms with Gasteiger partial charge in [-0.3, -0.25) is 0 Å². The van der Waals surface area contributed by atoms with Crippen molar-refractivity contribution in [2.75, 3.05) is 29.1 Å². The molecule has 1 saturated heterocycles. The molecule has 0 bridgehead atoms. The molecule has 10 heteroatoms. The van der Waals surface area contributed by atoms with Crippen LogP contribution < -0.4 is 19.1 Å². The van der Waals surface area contributed by atoms with Gasteiger partial charge in [-0.05, 0) is 61.4 Å². The van der Waals surface area contributed by atoms with Crippen LogP contribution in [0.3, 0.4) is 0 Å². The first-order chi connectivity index (χ1) is 21.1. The Morgan fingerprint density at radius 2 is 1.93 bits per heavy atom. The van der Waals surface area contributed by atoms with Crippen molar-refractivity contribution in [1.29, 1.82) is 0 Å². The third-order valence-electron chi connectivity index (χ3n) is 8.74. The minimum atomic E-state index is -3.55. The number of benzene rings is 3. The molecule has 2 N–H and O–H groups in total. The first-order valence-corrected chi connectivity index (χ1v) is 17.1. The molecule has 0 spiro atoms. The van der Waals surface area contributed by atoms with E-state index in [1.54, 1.807) is 4.90 Å². The Labute approximate surface area is 258 Å². The van der Waals surface area contributed by atoms with Crippen molar-refractivity contribution < 1.29 is 27.3 Å². The standard InChI is InChI=1S/C34H38N4O5S/c1-5-22(18-26-20-24-13-12-23-10-8-9-11-27(23)32(24)36(26)6-2)19-31-37(7-3)29-21-25(14-15-30(29)43-31)38-17-16-28(33(38)34(39)40)35-44(4,41)42/h8-15,18-19,21,28,33,35H,5-7,16-17,20H2,1-4H3/p+1. The van der Waals surface area contributed by atoms with Crippen LogP contribution in [0.15, 0.2) is 76.4 Å². The van der Waals surface area contributed by atoms with E-state index >= 15 is 0 Å². The molecular formula is C34H39N4O5S+. The number of nitrogens with one attached hydrogen (secondary N) is 1. The Balaban J connectivity index is 1.34. The lowest BCUT2D eigenvalue weighted by Crippen LogP contribution is -2.49.